The Morgan fingerprint density at radius 1 is 1.55 bits per heavy atom. The molecule has 1 aromatic rings. The summed E-state index contributed by atoms with van der Waals surface area (Å²) in [5.41, 5.74) is 1.21. The van der Waals surface area contributed by atoms with Gasteiger partial charge in [0.15, 0.2) is 0 Å². The van der Waals surface area contributed by atoms with Crippen LogP contribution >= 0.6 is 11.6 Å². The topological polar surface area (TPSA) is 44.1 Å². The van der Waals surface area contributed by atoms with E-state index in [1.165, 1.54) is 5.57 Å². The Labute approximate surface area is 124 Å². The van der Waals surface area contributed by atoms with Crippen LogP contribution in [0.3, 0.4) is 0 Å². The summed E-state index contributed by atoms with van der Waals surface area (Å²) in [6.07, 6.45) is 3.71. The van der Waals surface area contributed by atoms with Gasteiger partial charge in [-0.2, -0.15) is 0 Å². The van der Waals surface area contributed by atoms with Gasteiger partial charge in [0.25, 0.3) is 0 Å². The van der Waals surface area contributed by atoms with Crippen LogP contribution in [0, 0.1) is 17.3 Å². The van der Waals surface area contributed by atoms with Crippen molar-refractivity contribution in [3.63, 3.8) is 0 Å². The van der Waals surface area contributed by atoms with Crippen LogP contribution < -0.4 is 0 Å². The van der Waals surface area contributed by atoms with E-state index >= 15 is 0 Å². The summed E-state index contributed by atoms with van der Waals surface area (Å²) in [6.45, 7) is 8.46. The molecule has 0 radical (unpaired) electrons. The fourth-order valence-corrected chi connectivity index (χ4v) is 2.73. The van der Waals surface area contributed by atoms with Crippen LogP contribution in [-0.2, 0) is 23.2 Å². The Balaban J connectivity index is 1.97. The molecule has 1 aliphatic rings. The van der Waals surface area contributed by atoms with E-state index in [4.69, 9.17) is 16.3 Å². The quantitative estimate of drug-likeness (QED) is 0.632. The minimum absolute atomic E-state index is 0.0202. The SMILES string of the molecule is CC(C)=CC1C(C(=O)OCc2ncc(Cl)n2C)C1(C)C. The molecule has 1 saturated carbocycles. The summed E-state index contributed by atoms with van der Waals surface area (Å²) in [4.78, 5) is 16.3. The van der Waals surface area contributed by atoms with Crippen LogP contribution in [0.4, 0.5) is 0 Å². The van der Waals surface area contributed by atoms with E-state index in [9.17, 15) is 4.79 Å². The van der Waals surface area contributed by atoms with Crippen molar-refractivity contribution in [1.82, 2.24) is 9.55 Å². The number of aromatic nitrogens is 2. The van der Waals surface area contributed by atoms with Gasteiger partial charge in [0.1, 0.15) is 17.6 Å². The number of hydrogen-bond acceptors (Lipinski definition) is 3. The molecule has 0 aliphatic heterocycles. The number of carbonyl (C=O) groups is 1. The predicted molar refractivity (Wildman–Crippen MR) is 78.2 cm³/mol. The van der Waals surface area contributed by atoms with Crippen molar-refractivity contribution >= 4 is 17.6 Å². The average Bonchev–Trinajstić information content (AvgIpc) is 2.71. The molecule has 1 fully saturated rings. The number of imidazole rings is 1. The van der Waals surface area contributed by atoms with Crippen molar-refractivity contribution in [2.75, 3.05) is 0 Å². The van der Waals surface area contributed by atoms with Gasteiger partial charge in [0.05, 0.1) is 12.1 Å². The van der Waals surface area contributed by atoms with Gasteiger partial charge in [-0.25, -0.2) is 4.98 Å². The molecule has 2 rings (SSSR count). The summed E-state index contributed by atoms with van der Waals surface area (Å²) < 4.78 is 7.09. The molecule has 110 valence electrons. The van der Waals surface area contributed by atoms with Crippen LogP contribution in [0.1, 0.15) is 33.5 Å². The maximum absolute atomic E-state index is 12.2. The number of halogens is 1. The fraction of sp³-hybridized carbons (Fsp3) is 0.600. The van der Waals surface area contributed by atoms with Gasteiger partial charge in [-0.05, 0) is 25.2 Å². The van der Waals surface area contributed by atoms with Crippen LogP contribution in [0.25, 0.3) is 0 Å². The minimum atomic E-state index is -0.156. The summed E-state index contributed by atoms with van der Waals surface area (Å²) in [6, 6.07) is 0. The smallest absolute Gasteiger partial charge is 0.310 e. The lowest BCUT2D eigenvalue weighted by Crippen LogP contribution is -2.12. The predicted octanol–water partition coefficient (Wildman–Crippen LogP) is 3.36. The number of carbonyl (C=O) groups excluding carboxylic acids is 1. The molecule has 0 aromatic carbocycles. The lowest BCUT2D eigenvalue weighted by atomic mass is 10.1. The number of hydrogen-bond donors (Lipinski definition) is 0. The van der Waals surface area contributed by atoms with Crippen molar-refractivity contribution in [2.24, 2.45) is 24.3 Å². The van der Waals surface area contributed by atoms with Crippen molar-refractivity contribution in [1.29, 1.82) is 0 Å². The van der Waals surface area contributed by atoms with E-state index in [0.29, 0.717) is 11.0 Å². The molecular formula is C15H21ClN2O2. The molecule has 0 N–H and O–H groups in total. The Kier molecular flexibility index (Phi) is 3.96. The highest BCUT2D eigenvalue weighted by atomic mass is 35.5. The number of rotatable bonds is 4. The Hall–Kier alpha value is -1.29. The van der Waals surface area contributed by atoms with Crippen molar-refractivity contribution in [2.45, 2.75) is 34.3 Å². The maximum Gasteiger partial charge on any atom is 0.310 e. The zero-order valence-corrected chi connectivity index (χ0v) is 13.4. The second-order valence-corrected chi connectivity index (χ2v) is 6.62. The van der Waals surface area contributed by atoms with Crippen molar-refractivity contribution < 1.29 is 9.53 Å². The van der Waals surface area contributed by atoms with Gasteiger partial charge < -0.3 is 9.30 Å². The first-order valence-electron chi connectivity index (χ1n) is 6.73. The maximum atomic E-state index is 12.2. The largest absolute Gasteiger partial charge is 0.457 e. The number of ether oxygens (including phenoxy) is 1. The van der Waals surface area contributed by atoms with Gasteiger partial charge >= 0.3 is 5.97 Å². The molecule has 0 spiro atoms. The van der Waals surface area contributed by atoms with E-state index in [0.717, 1.165) is 0 Å². The van der Waals surface area contributed by atoms with Crippen molar-refractivity contribution in [3.8, 4) is 0 Å². The Morgan fingerprint density at radius 3 is 2.70 bits per heavy atom. The Morgan fingerprint density at radius 2 is 2.20 bits per heavy atom. The van der Waals surface area contributed by atoms with E-state index in [2.05, 4.69) is 24.9 Å². The molecule has 4 nitrogen and oxygen atoms in total. The van der Waals surface area contributed by atoms with Gasteiger partial charge in [0, 0.05) is 7.05 Å². The van der Waals surface area contributed by atoms with Gasteiger partial charge in [0.2, 0.25) is 0 Å². The first-order chi connectivity index (χ1) is 9.25. The molecule has 20 heavy (non-hydrogen) atoms. The van der Waals surface area contributed by atoms with Crippen LogP contribution in [-0.4, -0.2) is 15.5 Å². The highest BCUT2D eigenvalue weighted by Crippen LogP contribution is 2.59. The highest BCUT2D eigenvalue weighted by molar-refractivity contribution is 6.29. The zero-order chi connectivity index (χ0) is 15.1. The average molecular weight is 297 g/mol. The molecule has 1 aromatic heterocycles. The molecule has 5 heteroatoms. The number of allylic oxidation sites excluding steroid dienone is 2. The van der Waals surface area contributed by atoms with Gasteiger partial charge in [-0.1, -0.05) is 37.1 Å². The molecule has 2 atom stereocenters. The second kappa shape index (κ2) is 5.24. The molecule has 0 bridgehead atoms. The lowest BCUT2D eigenvalue weighted by Gasteiger charge is -2.06. The summed E-state index contributed by atoms with van der Waals surface area (Å²) in [5, 5.41) is 0.533. The van der Waals surface area contributed by atoms with E-state index in [-0.39, 0.29) is 29.8 Å². The van der Waals surface area contributed by atoms with Crippen LogP contribution in [0.15, 0.2) is 17.8 Å². The molecular weight excluding hydrogens is 276 g/mol. The molecule has 0 saturated heterocycles. The van der Waals surface area contributed by atoms with Gasteiger partial charge in [-0.3, -0.25) is 4.79 Å². The van der Waals surface area contributed by atoms with E-state index in [1.807, 2.05) is 13.8 Å². The van der Waals surface area contributed by atoms with E-state index in [1.54, 1.807) is 17.8 Å². The van der Waals surface area contributed by atoms with Gasteiger partial charge in [-0.15, -0.1) is 0 Å². The molecule has 1 heterocycles. The molecule has 2 unspecified atom stereocenters. The Bertz CT molecular complexity index is 556. The first kappa shape index (κ1) is 15.1. The summed E-state index contributed by atoms with van der Waals surface area (Å²) in [5.74, 6) is 0.704. The second-order valence-electron chi connectivity index (χ2n) is 6.23. The van der Waals surface area contributed by atoms with Crippen LogP contribution in [0.5, 0.6) is 0 Å². The normalized spacial score (nSPS) is 23.3. The third-order valence-corrected chi connectivity index (χ3v) is 4.40. The van der Waals surface area contributed by atoms with E-state index < -0.39 is 0 Å². The third-order valence-electron chi connectivity index (χ3n) is 4.05. The lowest BCUT2D eigenvalue weighted by molar-refractivity contribution is -0.147. The fourth-order valence-electron chi connectivity index (χ4n) is 2.58. The summed E-state index contributed by atoms with van der Waals surface area (Å²) in [7, 11) is 1.80. The standard InChI is InChI=1S/C15H21ClN2O2/c1-9(2)6-10-13(15(10,3)4)14(19)20-8-12-17-7-11(16)18(12)5/h6-7,10,13H,8H2,1-5H3. The summed E-state index contributed by atoms with van der Waals surface area (Å²) >= 11 is 5.90. The first-order valence-corrected chi connectivity index (χ1v) is 7.10. The number of nitrogens with zero attached hydrogens (tertiary/aromatic N) is 2. The van der Waals surface area contributed by atoms with Crippen molar-refractivity contribution in [3.05, 3.63) is 28.8 Å². The minimum Gasteiger partial charge on any atom is -0.457 e. The monoisotopic (exact) mass is 296 g/mol. The molecule has 1 aliphatic carbocycles. The third kappa shape index (κ3) is 2.75. The zero-order valence-electron chi connectivity index (χ0n) is 12.6. The highest BCUT2D eigenvalue weighted by Gasteiger charge is 2.61. The molecule has 0 amide bonds. The van der Waals surface area contributed by atoms with Crippen LogP contribution in [0.2, 0.25) is 5.15 Å². The number of esters is 1.